The van der Waals surface area contributed by atoms with Gasteiger partial charge >= 0.3 is 0 Å². The second-order valence-electron chi connectivity index (χ2n) is 7.60. The molecule has 116 valence electrons. The second kappa shape index (κ2) is 6.52. The van der Waals surface area contributed by atoms with E-state index in [9.17, 15) is 0 Å². The minimum atomic E-state index is 0.556. The fourth-order valence-electron chi connectivity index (χ4n) is 4.66. The standard InChI is InChI=1S/C20H31N/c1-4-21-20(13-19-12-15-5-6-18(19)11-15)17-9-7-16(8-10-17)14(2)3/h7-10,14-15,18-21H,4-6,11-13H2,1-3H3. The molecule has 0 radical (unpaired) electrons. The third-order valence-corrected chi connectivity index (χ3v) is 5.88. The minimum Gasteiger partial charge on any atom is -0.310 e. The van der Waals surface area contributed by atoms with Crippen molar-refractivity contribution in [3.8, 4) is 0 Å². The molecular weight excluding hydrogens is 254 g/mol. The van der Waals surface area contributed by atoms with E-state index < -0.39 is 0 Å². The van der Waals surface area contributed by atoms with Crippen LogP contribution in [0.2, 0.25) is 0 Å². The quantitative estimate of drug-likeness (QED) is 0.749. The van der Waals surface area contributed by atoms with Crippen molar-refractivity contribution in [1.29, 1.82) is 0 Å². The van der Waals surface area contributed by atoms with Crippen LogP contribution in [0.1, 0.15) is 76.0 Å². The third-order valence-electron chi connectivity index (χ3n) is 5.88. The molecule has 1 N–H and O–H groups in total. The van der Waals surface area contributed by atoms with Gasteiger partial charge in [0.25, 0.3) is 0 Å². The van der Waals surface area contributed by atoms with Crippen LogP contribution in [0.4, 0.5) is 0 Å². The van der Waals surface area contributed by atoms with Crippen LogP contribution in [0.3, 0.4) is 0 Å². The second-order valence-corrected chi connectivity index (χ2v) is 7.60. The summed E-state index contributed by atoms with van der Waals surface area (Å²) in [7, 11) is 0. The van der Waals surface area contributed by atoms with E-state index in [1.54, 1.807) is 0 Å². The summed E-state index contributed by atoms with van der Waals surface area (Å²) in [4.78, 5) is 0. The zero-order valence-corrected chi connectivity index (χ0v) is 13.9. The summed E-state index contributed by atoms with van der Waals surface area (Å²) in [6.07, 6.45) is 7.37. The number of hydrogen-bond donors (Lipinski definition) is 1. The fraction of sp³-hybridized carbons (Fsp3) is 0.700. The molecule has 0 saturated heterocycles. The molecule has 2 bridgehead atoms. The van der Waals surface area contributed by atoms with Gasteiger partial charge in [0.1, 0.15) is 0 Å². The summed E-state index contributed by atoms with van der Waals surface area (Å²) in [5.41, 5.74) is 2.94. The summed E-state index contributed by atoms with van der Waals surface area (Å²) < 4.78 is 0. The van der Waals surface area contributed by atoms with Crippen molar-refractivity contribution in [2.24, 2.45) is 17.8 Å². The highest BCUT2D eigenvalue weighted by atomic mass is 14.9. The predicted molar refractivity (Wildman–Crippen MR) is 90.5 cm³/mol. The van der Waals surface area contributed by atoms with Crippen molar-refractivity contribution in [2.45, 2.75) is 64.8 Å². The summed E-state index contributed by atoms with van der Waals surface area (Å²) in [6.45, 7) is 7.84. The first-order valence-electron chi connectivity index (χ1n) is 9.00. The van der Waals surface area contributed by atoms with Crippen molar-refractivity contribution in [3.05, 3.63) is 35.4 Å². The number of fused-ring (bicyclic) bond motifs is 2. The van der Waals surface area contributed by atoms with Gasteiger partial charge in [0.2, 0.25) is 0 Å². The Morgan fingerprint density at radius 1 is 1.05 bits per heavy atom. The van der Waals surface area contributed by atoms with E-state index in [0.717, 1.165) is 24.3 Å². The van der Waals surface area contributed by atoms with Gasteiger partial charge in [-0.3, -0.25) is 0 Å². The topological polar surface area (TPSA) is 12.0 Å². The van der Waals surface area contributed by atoms with Gasteiger partial charge in [-0.15, -0.1) is 0 Å². The Hall–Kier alpha value is -0.820. The molecule has 2 aliphatic rings. The van der Waals surface area contributed by atoms with Gasteiger partial charge in [0, 0.05) is 6.04 Å². The summed E-state index contributed by atoms with van der Waals surface area (Å²) in [6, 6.07) is 9.92. The number of nitrogens with one attached hydrogen (secondary N) is 1. The van der Waals surface area contributed by atoms with Crippen LogP contribution >= 0.6 is 0 Å². The van der Waals surface area contributed by atoms with E-state index in [2.05, 4.69) is 50.4 Å². The average molecular weight is 285 g/mol. The van der Waals surface area contributed by atoms with Crippen LogP contribution in [0.5, 0.6) is 0 Å². The van der Waals surface area contributed by atoms with Gasteiger partial charge in [0.05, 0.1) is 0 Å². The summed E-state index contributed by atoms with van der Waals surface area (Å²) in [5.74, 6) is 3.69. The van der Waals surface area contributed by atoms with E-state index in [4.69, 9.17) is 0 Å². The molecule has 3 rings (SSSR count). The molecule has 4 atom stereocenters. The van der Waals surface area contributed by atoms with E-state index >= 15 is 0 Å². The summed E-state index contributed by atoms with van der Waals surface area (Å²) >= 11 is 0. The van der Waals surface area contributed by atoms with Crippen LogP contribution in [-0.4, -0.2) is 6.54 Å². The Labute approximate surface area is 130 Å². The Kier molecular flexibility index (Phi) is 4.69. The van der Waals surface area contributed by atoms with Crippen molar-refractivity contribution in [1.82, 2.24) is 5.32 Å². The Morgan fingerprint density at radius 3 is 2.29 bits per heavy atom. The highest BCUT2D eigenvalue weighted by Gasteiger charge is 2.40. The van der Waals surface area contributed by atoms with E-state index in [1.807, 2.05) is 0 Å². The van der Waals surface area contributed by atoms with Crippen LogP contribution < -0.4 is 5.32 Å². The highest BCUT2D eigenvalue weighted by Crippen LogP contribution is 2.50. The molecule has 2 saturated carbocycles. The molecule has 0 heterocycles. The van der Waals surface area contributed by atoms with Gasteiger partial charge in [-0.05, 0) is 67.0 Å². The molecule has 21 heavy (non-hydrogen) atoms. The van der Waals surface area contributed by atoms with Gasteiger partial charge < -0.3 is 5.32 Å². The van der Waals surface area contributed by atoms with E-state index in [1.165, 1.54) is 43.2 Å². The first-order chi connectivity index (χ1) is 10.2. The maximum atomic E-state index is 3.73. The van der Waals surface area contributed by atoms with Gasteiger partial charge in [-0.25, -0.2) is 0 Å². The van der Waals surface area contributed by atoms with E-state index in [-0.39, 0.29) is 0 Å². The molecule has 0 aliphatic heterocycles. The van der Waals surface area contributed by atoms with E-state index in [0.29, 0.717) is 12.0 Å². The van der Waals surface area contributed by atoms with Crippen LogP contribution in [0.25, 0.3) is 0 Å². The molecule has 1 heteroatoms. The molecule has 2 aliphatic carbocycles. The molecule has 1 aromatic rings. The smallest absolute Gasteiger partial charge is 0.0322 e. The van der Waals surface area contributed by atoms with Gasteiger partial charge in [0.15, 0.2) is 0 Å². The lowest BCUT2D eigenvalue weighted by molar-refractivity contribution is 0.280. The normalized spacial score (nSPS) is 29.2. The van der Waals surface area contributed by atoms with Crippen molar-refractivity contribution in [3.63, 3.8) is 0 Å². The van der Waals surface area contributed by atoms with Crippen LogP contribution in [-0.2, 0) is 0 Å². The maximum Gasteiger partial charge on any atom is 0.0322 e. The molecule has 4 unspecified atom stereocenters. The summed E-state index contributed by atoms with van der Waals surface area (Å²) in [5, 5.41) is 3.73. The number of rotatable bonds is 6. The third kappa shape index (κ3) is 3.34. The highest BCUT2D eigenvalue weighted by molar-refractivity contribution is 5.27. The molecular formula is C20H31N. The van der Waals surface area contributed by atoms with Crippen LogP contribution in [0.15, 0.2) is 24.3 Å². The number of hydrogen-bond acceptors (Lipinski definition) is 1. The molecule has 1 nitrogen and oxygen atoms in total. The largest absolute Gasteiger partial charge is 0.310 e. The Morgan fingerprint density at radius 2 is 1.76 bits per heavy atom. The average Bonchev–Trinajstić information content (AvgIpc) is 3.09. The molecule has 1 aromatic carbocycles. The van der Waals surface area contributed by atoms with Crippen molar-refractivity contribution < 1.29 is 0 Å². The zero-order valence-electron chi connectivity index (χ0n) is 13.9. The lowest BCUT2D eigenvalue weighted by Gasteiger charge is -2.27. The zero-order chi connectivity index (χ0) is 14.8. The van der Waals surface area contributed by atoms with Crippen LogP contribution in [0, 0.1) is 17.8 Å². The molecule has 0 aromatic heterocycles. The predicted octanol–water partition coefficient (Wildman–Crippen LogP) is 5.29. The first kappa shape index (κ1) is 15.1. The molecule has 0 amide bonds. The Balaban J connectivity index is 1.68. The SMILES string of the molecule is CCNC(CC1CC2CCC1C2)c1ccc(C(C)C)cc1. The van der Waals surface area contributed by atoms with Gasteiger partial charge in [-0.2, -0.15) is 0 Å². The minimum absolute atomic E-state index is 0.556. The maximum absolute atomic E-state index is 3.73. The monoisotopic (exact) mass is 285 g/mol. The lowest BCUT2D eigenvalue weighted by Crippen LogP contribution is -2.25. The molecule has 2 fully saturated rings. The molecule has 0 spiro atoms. The lowest BCUT2D eigenvalue weighted by atomic mass is 9.82. The Bertz CT molecular complexity index is 447. The number of benzene rings is 1. The fourth-order valence-corrected chi connectivity index (χ4v) is 4.66. The van der Waals surface area contributed by atoms with Crippen molar-refractivity contribution in [2.75, 3.05) is 6.54 Å². The van der Waals surface area contributed by atoms with Crippen molar-refractivity contribution >= 4 is 0 Å². The first-order valence-corrected chi connectivity index (χ1v) is 9.00. The van der Waals surface area contributed by atoms with Gasteiger partial charge in [-0.1, -0.05) is 51.5 Å².